The van der Waals surface area contributed by atoms with E-state index in [0.717, 1.165) is 5.56 Å². The van der Waals surface area contributed by atoms with Crippen molar-refractivity contribution >= 4 is 17.6 Å². The average Bonchev–Trinajstić information content (AvgIpc) is 2.49. The second kappa shape index (κ2) is 7.21. The van der Waals surface area contributed by atoms with Gasteiger partial charge in [0, 0.05) is 12.1 Å². The van der Waals surface area contributed by atoms with Crippen molar-refractivity contribution in [1.29, 1.82) is 0 Å². The number of primary amides is 1. The van der Waals surface area contributed by atoms with Crippen molar-refractivity contribution in [3.63, 3.8) is 0 Å². The molecule has 0 bridgehead atoms. The Morgan fingerprint density at radius 3 is 2.27 bits per heavy atom. The van der Waals surface area contributed by atoms with Crippen molar-refractivity contribution in [3.8, 4) is 0 Å². The highest BCUT2D eigenvalue weighted by Gasteiger charge is 2.20. The summed E-state index contributed by atoms with van der Waals surface area (Å²) in [6.45, 7) is 0. The van der Waals surface area contributed by atoms with Crippen LogP contribution in [0.1, 0.15) is 5.56 Å². The van der Waals surface area contributed by atoms with Crippen molar-refractivity contribution in [2.75, 3.05) is 5.32 Å². The SMILES string of the molecule is NC(=O)NC(Cc1ccccc1)C(=O)Nc1ccc(F)cc1. The Labute approximate surface area is 127 Å². The average molecular weight is 301 g/mol. The van der Waals surface area contributed by atoms with E-state index in [-0.39, 0.29) is 0 Å². The quantitative estimate of drug-likeness (QED) is 0.789. The van der Waals surface area contributed by atoms with Crippen molar-refractivity contribution in [3.05, 3.63) is 66.0 Å². The molecule has 3 amide bonds. The largest absolute Gasteiger partial charge is 0.352 e. The Hall–Kier alpha value is -2.89. The predicted molar refractivity (Wildman–Crippen MR) is 81.7 cm³/mol. The van der Waals surface area contributed by atoms with E-state index in [2.05, 4.69) is 10.6 Å². The Morgan fingerprint density at radius 2 is 1.68 bits per heavy atom. The number of urea groups is 1. The lowest BCUT2D eigenvalue weighted by Crippen LogP contribution is -2.47. The molecule has 1 unspecified atom stereocenters. The van der Waals surface area contributed by atoms with Gasteiger partial charge in [0.2, 0.25) is 5.91 Å². The molecule has 2 aromatic rings. The van der Waals surface area contributed by atoms with Gasteiger partial charge in [-0.1, -0.05) is 30.3 Å². The van der Waals surface area contributed by atoms with Gasteiger partial charge in [0.25, 0.3) is 0 Å². The van der Waals surface area contributed by atoms with E-state index in [1.54, 1.807) is 0 Å². The molecule has 1 atom stereocenters. The van der Waals surface area contributed by atoms with Crippen LogP contribution in [0, 0.1) is 5.82 Å². The molecule has 0 saturated heterocycles. The highest BCUT2D eigenvalue weighted by Crippen LogP contribution is 2.10. The summed E-state index contributed by atoms with van der Waals surface area (Å²) >= 11 is 0. The van der Waals surface area contributed by atoms with E-state index in [1.807, 2.05) is 30.3 Å². The second-order valence-electron chi connectivity index (χ2n) is 4.75. The van der Waals surface area contributed by atoms with Crippen LogP contribution < -0.4 is 16.4 Å². The zero-order valence-corrected chi connectivity index (χ0v) is 11.8. The van der Waals surface area contributed by atoms with Crippen molar-refractivity contribution in [2.24, 2.45) is 5.73 Å². The Bertz CT molecular complexity index is 644. The first-order valence-electron chi connectivity index (χ1n) is 6.71. The molecule has 6 heteroatoms. The minimum atomic E-state index is -0.815. The molecule has 2 rings (SSSR count). The van der Waals surface area contributed by atoms with Crippen LogP contribution in [0.4, 0.5) is 14.9 Å². The van der Waals surface area contributed by atoms with Gasteiger partial charge in [-0.15, -0.1) is 0 Å². The van der Waals surface area contributed by atoms with Gasteiger partial charge < -0.3 is 16.4 Å². The fraction of sp³-hybridized carbons (Fsp3) is 0.125. The summed E-state index contributed by atoms with van der Waals surface area (Å²) in [5, 5.41) is 5.03. The van der Waals surface area contributed by atoms with E-state index in [9.17, 15) is 14.0 Å². The summed E-state index contributed by atoms with van der Waals surface area (Å²) in [6.07, 6.45) is 0.302. The molecular formula is C16H16FN3O2. The van der Waals surface area contributed by atoms with E-state index in [1.165, 1.54) is 24.3 Å². The van der Waals surface area contributed by atoms with Crippen LogP contribution >= 0.6 is 0 Å². The van der Waals surface area contributed by atoms with Crippen LogP contribution in [0.2, 0.25) is 0 Å². The van der Waals surface area contributed by atoms with Gasteiger partial charge in [-0.3, -0.25) is 4.79 Å². The maximum absolute atomic E-state index is 12.9. The van der Waals surface area contributed by atoms with Crippen LogP contribution in [0.3, 0.4) is 0 Å². The number of hydrogen-bond acceptors (Lipinski definition) is 2. The normalized spacial score (nSPS) is 11.5. The first kappa shape index (κ1) is 15.5. The minimum absolute atomic E-state index is 0.302. The highest BCUT2D eigenvalue weighted by atomic mass is 19.1. The van der Waals surface area contributed by atoms with Gasteiger partial charge in [0.05, 0.1) is 0 Å². The molecule has 5 nitrogen and oxygen atoms in total. The number of anilines is 1. The molecule has 2 aromatic carbocycles. The topological polar surface area (TPSA) is 84.2 Å². The third-order valence-electron chi connectivity index (χ3n) is 3.03. The standard InChI is InChI=1S/C16H16FN3O2/c17-12-6-8-13(9-7-12)19-15(21)14(20-16(18)22)10-11-4-2-1-3-5-11/h1-9,14H,10H2,(H,19,21)(H3,18,20,22). The summed E-state index contributed by atoms with van der Waals surface area (Å²) < 4.78 is 12.9. The molecule has 0 aliphatic carbocycles. The van der Waals surface area contributed by atoms with E-state index < -0.39 is 23.8 Å². The number of halogens is 1. The molecule has 0 radical (unpaired) electrons. The molecule has 0 saturated carbocycles. The number of nitrogens with one attached hydrogen (secondary N) is 2. The van der Waals surface area contributed by atoms with Gasteiger partial charge in [-0.25, -0.2) is 9.18 Å². The lowest BCUT2D eigenvalue weighted by Gasteiger charge is -2.17. The Balaban J connectivity index is 2.08. The van der Waals surface area contributed by atoms with Gasteiger partial charge in [-0.05, 0) is 29.8 Å². The van der Waals surface area contributed by atoms with E-state index >= 15 is 0 Å². The lowest BCUT2D eigenvalue weighted by atomic mass is 10.1. The summed E-state index contributed by atoms with van der Waals surface area (Å²) in [4.78, 5) is 23.3. The zero-order chi connectivity index (χ0) is 15.9. The number of benzene rings is 2. The summed E-state index contributed by atoms with van der Waals surface area (Å²) in [6, 6.07) is 13.0. The van der Waals surface area contributed by atoms with Crippen molar-refractivity contribution in [2.45, 2.75) is 12.5 Å². The Morgan fingerprint density at radius 1 is 1.05 bits per heavy atom. The third-order valence-corrected chi connectivity index (χ3v) is 3.03. The van der Waals surface area contributed by atoms with E-state index in [4.69, 9.17) is 5.73 Å². The summed E-state index contributed by atoms with van der Waals surface area (Å²) in [5.74, 6) is -0.816. The summed E-state index contributed by atoms with van der Waals surface area (Å²) in [5.41, 5.74) is 6.44. The number of carbonyl (C=O) groups excluding carboxylic acids is 2. The van der Waals surface area contributed by atoms with Crippen LogP contribution in [-0.4, -0.2) is 18.0 Å². The molecule has 0 heterocycles. The molecule has 0 aliphatic heterocycles. The minimum Gasteiger partial charge on any atom is -0.352 e. The maximum Gasteiger partial charge on any atom is 0.312 e. The van der Waals surface area contributed by atoms with Crippen LogP contribution in [0.5, 0.6) is 0 Å². The number of hydrogen-bond donors (Lipinski definition) is 3. The molecule has 114 valence electrons. The molecule has 0 aromatic heterocycles. The number of amides is 3. The molecular weight excluding hydrogens is 285 g/mol. The predicted octanol–water partition coefficient (Wildman–Crippen LogP) is 2.04. The second-order valence-corrected chi connectivity index (χ2v) is 4.75. The van der Waals surface area contributed by atoms with Gasteiger partial charge in [0.15, 0.2) is 0 Å². The molecule has 0 fully saturated rings. The van der Waals surface area contributed by atoms with Gasteiger partial charge >= 0.3 is 6.03 Å². The van der Waals surface area contributed by atoms with Crippen molar-refractivity contribution in [1.82, 2.24) is 5.32 Å². The van der Waals surface area contributed by atoms with E-state index in [0.29, 0.717) is 12.1 Å². The Kier molecular flexibility index (Phi) is 5.08. The molecule has 0 aliphatic rings. The fourth-order valence-electron chi connectivity index (χ4n) is 1.99. The monoisotopic (exact) mass is 301 g/mol. The molecule has 22 heavy (non-hydrogen) atoms. The maximum atomic E-state index is 12.9. The number of rotatable bonds is 5. The van der Waals surface area contributed by atoms with Crippen molar-refractivity contribution < 1.29 is 14.0 Å². The first-order chi connectivity index (χ1) is 10.5. The number of nitrogens with two attached hydrogens (primary N) is 1. The lowest BCUT2D eigenvalue weighted by molar-refractivity contribution is -0.117. The molecule has 4 N–H and O–H groups in total. The highest BCUT2D eigenvalue weighted by molar-refractivity contribution is 5.97. The van der Waals surface area contributed by atoms with Gasteiger partial charge in [-0.2, -0.15) is 0 Å². The van der Waals surface area contributed by atoms with Crippen LogP contribution in [0.25, 0.3) is 0 Å². The van der Waals surface area contributed by atoms with Gasteiger partial charge in [0.1, 0.15) is 11.9 Å². The zero-order valence-electron chi connectivity index (χ0n) is 11.8. The first-order valence-corrected chi connectivity index (χ1v) is 6.71. The smallest absolute Gasteiger partial charge is 0.312 e. The van der Waals surface area contributed by atoms with Crippen LogP contribution in [0.15, 0.2) is 54.6 Å². The summed E-state index contributed by atoms with van der Waals surface area (Å²) in [7, 11) is 0. The third kappa shape index (κ3) is 4.59. The number of carbonyl (C=O) groups is 2. The van der Waals surface area contributed by atoms with Crippen LogP contribution in [-0.2, 0) is 11.2 Å². The molecule has 0 spiro atoms. The fourth-order valence-corrected chi connectivity index (χ4v) is 1.99.